The van der Waals surface area contributed by atoms with Crippen LogP contribution in [-0.4, -0.2) is 25.0 Å². The van der Waals surface area contributed by atoms with Gasteiger partial charge in [0.1, 0.15) is 0 Å². The van der Waals surface area contributed by atoms with Gasteiger partial charge in [-0.15, -0.1) is 0 Å². The summed E-state index contributed by atoms with van der Waals surface area (Å²) in [7, 11) is 0. The molecule has 0 bridgehead atoms. The molecule has 46 valence electrons. The fourth-order valence-electron chi connectivity index (χ4n) is 1.16. The fraction of sp³-hybridized carbons (Fsp3) is 0.429. The van der Waals surface area contributed by atoms with Crippen molar-refractivity contribution in [1.29, 1.82) is 0 Å². The zero-order valence-corrected chi connectivity index (χ0v) is 5.17. The van der Waals surface area contributed by atoms with Crippen LogP contribution in [0.5, 0.6) is 0 Å². The van der Waals surface area contributed by atoms with Crippen LogP contribution >= 0.6 is 0 Å². The monoisotopic (exact) mass is 120 g/mol. The van der Waals surface area contributed by atoms with Crippen LogP contribution in [0.3, 0.4) is 0 Å². The second-order valence-electron chi connectivity index (χ2n) is 2.24. The summed E-state index contributed by atoms with van der Waals surface area (Å²) in [5.74, 6) is 0. The van der Waals surface area contributed by atoms with Gasteiger partial charge in [0.25, 0.3) is 0 Å². The molecule has 2 heteroatoms. The van der Waals surface area contributed by atoms with E-state index in [1.165, 1.54) is 5.57 Å². The number of dihydropyridines is 1. The number of aliphatic imine (C=N–C) groups is 2. The van der Waals surface area contributed by atoms with E-state index in [4.69, 9.17) is 0 Å². The highest BCUT2D eigenvalue weighted by atomic mass is 14.8. The number of rotatable bonds is 0. The van der Waals surface area contributed by atoms with E-state index in [1.807, 2.05) is 6.21 Å². The Balaban J connectivity index is 2.37. The lowest BCUT2D eigenvalue weighted by Crippen LogP contribution is -2.04. The molecule has 0 aromatic rings. The predicted molar refractivity (Wildman–Crippen MR) is 38.4 cm³/mol. The van der Waals surface area contributed by atoms with Gasteiger partial charge >= 0.3 is 0 Å². The number of hydrogen-bond acceptors (Lipinski definition) is 2. The minimum Gasteiger partial charge on any atom is -0.287 e. The van der Waals surface area contributed by atoms with Crippen LogP contribution in [0.25, 0.3) is 0 Å². The van der Waals surface area contributed by atoms with Crippen LogP contribution in [0.15, 0.2) is 21.6 Å². The van der Waals surface area contributed by atoms with Crippen molar-refractivity contribution in [3.63, 3.8) is 0 Å². The summed E-state index contributed by atoms with van der Waals surface area (Å²) in [4.78, 5) is 8.34. The molecule has 0 N–H and O–H groups in total. The van der Waals surface area contributed by atoms with E-state index in [1.54, 1.807) is 0 Å². The van der Waals surface area contributed by atoms with Crippen molar-refractivity contribution in [2.24, 2.45) is 9.98 Å². The van der Waals surface area contributed by atoms with Crippen LogP contribution in [-0.2, 0) is 0 Å². The Morgan fingerprint density at radius 2 is 2.44 bits per heavy atom. The van der Waals surface area contributed by atoms with Gasteiger partial charge in [0.05, 0.1) is 12.3 Å². The average Bonchev–Trinajstić information content (AvgIpc) is 2.33. The summed E-state index contributed by atoms with van der Waals surface area (Å²) in [6.07, 6.45) is 5.16. The topological polar surface area (TPSA) is 24.7 Å². The molecule has 0 aliphatic carbocycles. The first kappa shape index (κ1) is 4.91. The van der Waals surface area contributed by atoms with Gasteiger partial charge in [-0.1, -0.05) is 6.08 Å². The molecule has 2 nitrogen and oxygen atoms in total. The second kappa shape index (κ2) is 1.79. The van der Waals surface area contributed by atoms with E-state index in [0.717, 1.165) is 25.2 Å². The van der Waals surface area contributed by atoms with E-state index in [0.29, 0.717) is 0 Å². The summed E-state index contributed by atoms with van der Waals surface area (Å²) >= 11 is 0. The highest BCUT2D eigenvalue weighted by Crippen LogP contribution is 2.13. The van der Waals surface area contributed by atoms with Crippen LogP contribution in [0, 0.1) is 0 Å². The molecule has 2 aliphatic rings. The van der Waals surface area contributed by atoms with Crippen LogP contribution < -0.4 is 0 Å². The molecule has 0 radical (unpaired) electrons. The number of hydrogen-bond donors (Lipinski definition) is 0. The normalized spacial score (nSPS) is 23.1. The number of fused-ring (bicyclic) bond motifs is 1. The molecule has 2 heterocycles. The Morgan fingerprint density at radius 3 is 3.33 bits per heavy atom. The molecule has 2 aliphatic heterocycles. The number of nitrogens with zero attached hydrogens (tertiary/aromatic N) is 2. The molecule has 0 saturated carbocycles. The minimum atomic E-state index is 0.856. The maximum absolute atomic E-state index is 4.26. The third-order valence-corrected chi connectivity index (χ3v) is 1.65. The summed E-state index contributed by atoms with van der Waals surface area (Å²) in [5, 5.41) is 0. The van der Waals surface area contributed by atoms with Gasteiger partial charge in [0, 0.05) is 12.8 Å². The summed E-state index contributed by atoms with van der Waals surface area (Å²) in [6.45, 7) is 1.82. The van der Waals surface area contributed by atoms with Crippen molar-refractivity contribution in [2.75, 3.05) is 13.1 Å². The van der Waals surface area contributed by atoms with Gasteiger partial charge in [-0.2, -0.15) is 0 Å². The molecule has 0 aromatic heterocycles. The summed E-state index contributed by atoms with van der Waals surface area (Å²) < 4.78 is 0. The van der Waals surface area contributed by atoms with Gasteiger partial charge in [-0.05, 0) is 12.0 Å². The zero-order chi connectivity index (χ0) is 6.10. The molecule has 0 fully saturated rings. The van der Waals surface area contributed by atoms with Gasteiger partial charge in [0.15, 0.2) is 0 Å². The molecule has 0 saturated heterocycles. The van der Waals surface area contributed by atoms with E-state index in [-0.39, 0.29) is 0 Å². The first-order chi connectivity index (χ1) is 4.47. The Labute approximate surface area is 54.0 Å². The molecule has 0 aromatic carbocycles. The lowest BCUT2D eigenvalue weighted by atomic mass is 10.1. The maximum Gasteiger partial charge on any atom is 0.0782 e. The van der Waals surface area contributed by atoms with Crippen LogP contribution in [0.2, 0.25) is 0 Å². The highest BCUT2D eigenvalue weighted by molar-refractivity contribution is 6.39. The van der Waals surface area contributed by atoms with E-state index in [9.17, 15) is 0 Å². The molecular weight excluding hydrogens is 112 g/mol. The minimum absolute atomic E-state index is 0.856. The summed E-state index contributed by atoms with van der Waals surface area (Å²) in [6, 6.07) is 0. The van der Waals surface area contributed by atoms with Gasteiger partial charge in [-0.25, -0.2) is 0 Å². The largest absolute Gasteiger partial charge is 0.287 e. The van der Waals surface area contributed by atoms with Crippen molar-refractivity contribution in [3.8, 4) is 0 Å². The first-order valence-electron chi connectivity index (χ1n) is 3.20. The van der Waals surface area contributed by atoms with Crippen molar-refractivity contribution in [1.82, 2.24) is 0 Å². The highest BCUT2D eigenvalue weighted by Gasteiger charge is 2.11. The van der Waals surface area contributed by atoms with Gasteiger partial charge in [0.2, 0.25) is 0 Å². The first-order valence-corrected chi connectivity index (χ1v) is 3.20. The van der Waals surface area contributed by atoms with E-state index in [2.05, 4.69) is 16.1 Å². The van der Waals surface area contributed by atoms with Crippen molar-refractivity contribution in [2.45, 2.75) is 6.42 Å². The molecule has 0 amide bonds. The Kier molecular flexibility index (Phi) is 0.979. The predicted octanol–water partition coefficient (Wildman–Crippen LogP) is 0.842. The second-order valence-corrected chi connectivity index (χ2v) is 2.24. The molecule has 9 heavy (non-hydrogen) atoms. The van der Waals surface area contributed by atoms with Crippen molar-refractivity contribution >= 4 is 11.9 Å². The van der Waals surface area contributed by atoms with Crippen LogP contribution in [0.4, 0.5) is 0 Å². The van der Waals surface area contributed by atoms with Crippen molar-refractivity contribution < 1.29 is 0 Å². The summed E-state index contributed by atoms with van der Waals surface area (Å²) in [5.41, 5.74) is 2.51. The zero-order valence-electron chi connectivity index (χ0n) is 5.17. The van der Waals surface area contributed by atoms with Crippen molar-refractivity contribution in [3.05, 3.63) is 11.6 Å². The lowest BCUT2D eigenvalue weighted by molar-refractivity contribution is 1.03. The van der Waals surface area contributed by atoms with Gasteiger partial charge in [-0.3, -0.25) is 9.98 Å². The molecular formula is C7H8N2. The van der Waals surface area contributed by atoms with Crippen LogP contribution in [0.1, 0.15) is 6.42 Å². The standard InChI is InChI=1S/C7H8N2/c1-3-8-5-7-6(1)2-4-9-7/h1,5H,2-4H2. The smallest absolute Gasteiger partial charge is 0.0782 e. The van der Waals surface area contributed by atoms with E-state index >= 15 is 0 Å². The molecule has 0 spiro atoms. The SMILES string of the molecule is C1=NCC=C2CCN=C12. The Bertz CT molecular complexity index is 211. The third-order valence-electron chi connectivity index (χ3n) is 1.65. The molecule has 0 unspecified atom stereocenters. The quantitative estimate of drug-likeness (QED) is 0.452. The van der Waals surface area contributed by atoms with E-state index < -0.39 is 0 Å². The Hall–Kier alpha value is -0.920. The average molecular weight is 120 g/mol. The molecule has 0 atom stereocenters. The fourth-order valence-corrected chi connectivity index (χ4v) is 1.16. The lowest BCUT2D eigenvalue weighted by Gasteiger charge is -2.00. The van der Waals surface area contributed by atoms with Gasteiger partial charge < -0.3 is 0 Å². The maximum atomic E-state index is 4.26. The third kappa shape index (κ3) is 0.707. The molecule has 2 rings (SSSR count). The Morgan fingerprint density at radius 1 is 1.44 bits per heavy atom.